The van der Waals surface area contributed by atoms with Crippen LogP contribution in [-0.4, -0.2) is 19.8 Å². The van der Waals surface area contributed by atoms with E-state index in [1.165, 1.54) is 15.6 Å². The monoisotopic (exact) mass is 349 g/mol. The Hall–Kier alpha value is -0.590. The van der Waals surface area contributed by atoms with Gasteiger partial charge in [0.25, 0.3) is 0 Å². The van der Waals surface area contributed by atoms with Crippen LogP contribution in [0.1, 0.15) is 10.4 Å². The summed E-state index contributed by atoms with van der Waals surface area (Å²) in [6.45, 7) is 0.296. The molecule has 108 valence electrons. The fourth-order valence-corrected chi connectivity index (χ4v) is 4.32. The van der Waals surface area contributed by atoms with E-state index in [1.807, 2.05) is 6.07 Å². The van der Waals surface area contributed by atoms with Gasteiger partial charge in [-0.3, -0.25) is 0 Å². The molecule has 0 bridgehead atoms. The van der Waals surface area contributed by atoms with Crippen molar-refractivity contribution < 1.29 is 8.42 Å². The molecule has 3 nitrogen and oxygen atoms in total. The van der Waals surface area contributed by atoms with E-state index in [1.54, 1.807) is 37.4 Å². The van der Waals surface area contributed by atoms with Crippen molar-refractivity contribution in [1.82, 2.24) is 4.31 Å². The second kappa shape index (κ2) is 6.45. The van der Waals surface area contributed by atoms with Crippen molar-refractivity contribution in [3.05, 3.63) is 51.2 Å². The van der Waals surface area contributed by atoms with E-state index in [2.05, 4.69) is 0 Å². The average Bonchev–Trinajstić information content (AvgIpc) is 2.84. The van der Waals surface area contributed by atoms with Gasteiger partial charge >= 0.3 is 0 Å². The number of hydrogen-bond acceptors (Lipinski definition) is 3. The summed E-state index contributed by atoms with van der Waals surface area (Å²) in [5.74, 6) is 0.285. The Morgan fingerprint density at radius 1 is 1.25 bits per heavy atom. The van der Waals surface area contributed by atoms with Gasteiger partial charge in [-0.15, -0.1) is 22.9 Å². The molecule has 0 aliphatic rings. The lowest BCUT2D eigenvalue weighted by Crippen LogP contribution is -2.26. The molecule has 7 heteroatoms. The minimum absolute atomic E-state index is 0.251. The molecular formula is C13H13Cl2NO2S2. The fraction of sp³-hybridized carbons (Fsp3) is 0.231. The molecule has 0 aliphatic carbocycles. The Bertz CT molecular complexity index is 698. The minimum atomic E-state index is -3.52. The van der Waals surface area contributed by atoms with Crippen molar-refractivity contribution in [3.8, 4) is 0 Å². The van der Waals surface area contributed by atoms with E-state index in [-0.39, 0.29) is 10.8 Å². The van der Waals surface area contributed by atoms with Crippen LogP contribution in [0.3, 0.4) is 0 Å². The lowest BCUT2D eigenvalue weighted by Gasteiger charge is -2.16. The zero-order chi connectivity index (χ0) is 14.8. The minimum Gasteiger partial charge on any atom is -0.207 e. The molecule has 2 aromatic rings. The first-order chi connectivity index (χ1) is 9.43. The molecule has 0 fully saturated rings. The summed E-state index contributed by atoms with van der Waals surface area (Å²) in [6.07, 6.45) is 0. The molecule has 0 unspecified atom stereocenters. The van der Waals surface area contributed by atoms with Crippen LogP contribution in [0.2, 0.25) is 4.34 Å². The first-order valence-corrected chi connectivity index (χ1v) is 8.96. The highest BCUT2D eigenvalue weighted by Crippen LogP contribution is 2.25. The van der Waals surface area contributed by atoms with Crippen molar-refractivity contribution in [2.75, 3.05) is 7.05 Å². The normalized spacial score (nSPS) is 12.0. The topological polar surface area (TPSA) is 37.4 Å². The summed E-state index contributed by atoms with van der Waals surface area (Å²) in [5.41, 5.74) is 0.778. The third kappa shape index (κ3) is 3.54. The van der Waals surface area contributed by atoms with E-state index in [4.69, 9.17) is 23.2 Å². The summed E-state index contributed by atoms with van der Waals surface area (Å²) in [6, 6.07) is 10.2. The third-order valence-corrected chi connectivity index (χ3v) is 6.09. The second-order valence-corrected chi connectivity index (χ2v) is 8.36. The Labute approximate surface area is 132 Å². The van der Waals surface area contributed by atoms with Gasteiger partial charge in [-0.2, -0.15) is 4.31 Å². The highest BCUT2D eigenvalue weighted by molar-refractivity contribution is 7.89. The van der Waals surface area contributed by atoms with Crippen LogP contribution in [0.5, 0.6) is 0 Å². The molecule has 1 heterocycles. The predicted molar refractivity (Wildman–Crippen MR) is 84.0 cm³/mol. The summed E-state index contributed by atoms with van der Waals surface area (Å²) in [5, 5.41) is 0. The standard InChI is InChI=1S/C13H13Cl2NO2S2/c1-16(9-11-5-6-13(15)19-11)20(17,18)12-4-2-3-10(7-12)8-14/h2-7H,8-9H2,1H3. The molecule has 0 saturated heterocycles. The van der Waals surface area contributed by atoms with E-state index in [9.17, 15) is 8.42 Å². The van der Waals surface area contributed by atoms with E-state index >= 15 is 0 Å². The number of hydrogen-bond donors (Lipinski definition) is 0. The number of rotatable bonds is 5. The Balaban J connectivity index is 2.24. The summed E-state index contributed by atoms with van der Waals surface area (Å²) in [7, 11) is -1.97. The predicted octanol–water partition coefficient (Wildman–Crippen LogP) is 3.96. The van der Waals surface area contributed by atoms with Gasteiger partial charge < -0.3 is 0 Å². The number of halogens is 2. The van der Waals surface area contributed by atoms with Crippen LogP contribution >= 0.6 is 34.5 Å². The van der Waals surface area contributed by atoms with Crippen LogP contribution in [0.15, 0.2) is 41.3 Å². The van der Waals surface area contributed by atoms with Crippen LogP contribution in [0.25, 0.3) is 0 Å². The smallest absolute Gasteiger partial charge is 0.207 e. The molecular weight excluding hydrogens is 337 g/mol. The maximum absolute atomic E-state index is 12.5. The maximum atomic E-state index is 12.5. The van der Waals surface area contributed by atoms with Gasteiger partial charge in [0.1, 0.15) is 0 Å². The molecule has 0 N–H and O–H groups in total. The Morgan fingerprint density at radius 3 is 2.60 bits per heavy atom. The first-order valence-electron chi connectivity index (χ1n) is 5.79. The van der Waals surface area contributed by atoms with E-state index in [0.717, 1.165) is 10.4 Å². The largest absolute Gasteiger partial charge is 0.243 e. The Morgan fingerprint density at radius 2 is 2.00 bits per heavy atom. The van der Waals surface area contributed by atoms with Gasteiger partial charge in [0.2, 0.25) is 10.0 Å². The third-order valence-electron chi connectivity index (χ3n) is 2.77. The molecule has 0 saturated carbocycles. The quantitative estimate of drug-likeness (QED) is 0.766. The van der Waals surface area contributed by atoms with Gasteiger partial charge in [-0.05, 0) is 29.8 Å². The first kappa shape index (κ1) is 15.8. The summed E-state index contributed by atoms with van der Waals surface area (Å²) >= 11 is 13.0. The highest BCUT2D eigenvalue weighted by Gasteiger charge is 2.21. The molecule has 1 aromatic carbocycles. The SMILES string of the molecule is CN(Cc1ccc(Cl)s1)S(=O)(=O)c1cccc(CCl)c1. The molecule has 0 atom stereocenters. The zero-order valence-electron chi connectivity index (χ0n) is 10.7. The number of alkyl halides is 1. The van der Waals surface area contributed by atoms with Gasteiger partial charge in [-0.25, -0.2) is 8.42 Å². The van der Waals surface area contributed by atoms with Crippen molar-refractivity contribution in [1.29, 1.82) is 0 Å². The van der Waals surface area contributed by atoms with Gasteiger partial charge in [0.15, 0.2) is 0 Å². The van der Waals surface area contributed by atoms with Crippen LogP contribution in [0, 0.1) is 0 Å². The van der Waals surface area contributed by atoms with Crippen LogP contribution in [0.4, 0.5) is 0 Å². The average molecular weight is 350 g/mol. The number of thiophene rings is 1. The van der Waals surface area contributed by atoms with E-state index < -0.39 is 10.0 Å². The number of nitrogens with zero attached hydrogens (tertiary/aromatic N) is 1. The molecule has 0 radical (unpaired) electrons. The second-order valence-electron chi connectivity index (χ2n) is 4.25. The van der Waals surface area contributed by atoms with Gasteiger partial charge in [0, 0.05) is 24.3 Å². The van der Waals surface area contributed by atoms with Gasteiger partial charge in [0.05, 0.1) is 9.23 Å². The molecule has 1 aromatic heterocycles. The van der Waals surface area contributed by atoms with E-state index in [0.29, 0.717) is 10.9 Å². The fourth-order valence-electron chi connectivity index (χ4n) is 1.71. The number of benzene rings is 1. The summed E-state index contributed by atoms with van der Waals surface area (Å²) < 4.78 is 26.9. The Kier molecular flexibility index (Phi) is 5.09. The number of sulfonamides is 1. The van der Waals surface area contributed by atoms with Crippen molar-refractivity contribution in [2.24, 2.45) is 0 Å². The molecule has 0 amide bonds. The van der Waals surface area contributed by atoms with Crippen molar-refractivity contribution in [2.45, 2.75) is 17.3 Å². The molecule has 20 heavy (non-hydrogen) atoms. The lowest BCUT2D eigenvalue weighted by molar-refractivity contribution is 0.469. The summed E-state index contributed by atoms with van der Waals surface area (Å²) in [4.78, 5) is 1.15. The van der Waals surface area contributed by atoms with Crippen molar-refractivity contribution in [3.63, 3.8) is 0 Å². The van der Waals surface area contributed by atoms with Crippen molar-refractivity contribution >= 4 is 44.6 Å². The zero-order valence-corrected chi connectivity index (χ0v) is 13.9. The maximum Gasteiger partial charge on any atom is 0.243 e. The van der Waals surface area contributed by atoms with Crippen LogP contribution < -0.4 is 0 Å². The van der Waals surface area contributed by atoms with Crippen LogP contribution in [-0.2, 0) is 22.4 Å². The highest BCUT2D eigenvalue weighted by atomic mass is 35.5. The molecule has 2 rings (SSSR count). The molecule has 0 aliphatic heterocycles. The van der Waals surface area contributed by atoms with Gasteiger partial charge in [-0.1, -0.05) is 23.7 Å². The molecule has 0 spiro atoms. The lowest BCUT2D eigenvalue weighted by atomic mass is 10.2.